The molecular formula is C35H36S2. The molecule has 0 fully saturated rings. The second-order valence-corrected chi connectivity index (χ2v) is 12.4. The minimum atomic E-state index is 0.108. The van der Waals surface area contributed by atoms with Crippen molar-refractivity contribution in [1.82, 2.24) is 0 Å². The van der Waals surface area contributed by atoms with Gasteiger partial charge in [-0.15, -0.1) is 22.7 Å². The summed E-state index contributed by atoms with van der Waals surface area (Å²) in [6.45, 7) is 7.01. The summed E-state index contributed by atoms with van der Waals surface area (Å²) in [5, 5.41) is 5.09. The Morgan fingerprint density at radius 1 is 0.649 bits per heavy atom. The first kappa shape index (κ1) is 24.6. The van der Waals surface area contributed by atoms with E-state index in [1.54, 1.807) is 0 Å². The Morgan fingerprint density at radius 3 is 2.16 bits per heavy atom. The van der Waals surface area contributed by atoms with Crippen LogP contribution in [0.4, 0.5) is 0 Å². The Kier molecular flexibility index (Phi) is 6.82. The van der Waals surface area contributed by atoms with Crippen LogP contribution in [-0.4, -0.2) is 0 Å². The molecule has 0 aliphatic heterocycles. The maximum absolute atomic E-state index is 2.53. The minimum Gasteiger partial charge on any atom is -0.143 e. The van der Waals surface area contributed by atoms with Crippen molar-refractivity contribution in [2.45, 2.75) is 71.1 Å². The van der Waals surface area contributed by atoms with Crippen molar-refractivity contribution < 1.29 is 0 Å². The summed E-state index contributed by atoms with van der Waals surface area (Å²) in [6, 6.07) is 27.8. The molecule has 2 heterocycles. The second-order valence-electron chi connectivity index (χ2n) is 10.5. The van der Waals surface area contributed by atoms with Gasteiger partial charge >= 0.3 is 0 Å². The molecule has 188 valence electrons. The molecule has 0 spiro atoms. The average molecular weight is 521 g/mol. The highest BCUT2D eigenvalue weighted by Crippen LogP contribution is 2.54. The van der Waals surface area contributed by atoms with Gasteiger partial charge in [0.1, 0.15) is 0 Å². The molecule has 0 radical (unpaired) electrons. The fourth-order valence-electron chi connectivity index (χ4n) is 6.56. The molecule has 0 unspecified atom stereocenters. The molecule has 0 bridgehead atoms. The molecule has 0 saturated heterocycles. The lowest BCUT2D eigenvalue weighted by molar-refractivity contribution is 0.490. The first-order valence-corrected chi connectivity index (χ1v) is 15.7. The van der Waals surface area contributed by atoms with Crippen LogP contribution in [0, 0.1) is 0 Å². The zero-order valence-corrected chi connectivity index (χ0v) is 23.9. The van der Waals surface area contributed by atoms with Gasteiger partial charge in [0.2, 0.25) is 0 Å². The minimum absolute atomic E-state index is 0.108. The Hall–Kier alpha value is -2.68. The summed E-state index contributed by atoms with van der Waals surface area (Å²) >= 11 is 3.92. The molecule has 0 N–H and O–H groups in total. The molecule has 2 aromatic heterocycles. The molecule has 6 rings (SSSR count). The number of hydrogen-bond acceptors (Lipinski definition) is 2. The largest absolute Gasteiger partial charge is 0.143 e. The van der Waals surface area contributed by atoms with Crippen molar-refractivity contribution in [3.8, 4) is 31.3 Å². The van der Waals surface area contributed by atoms with Gasteiger partial charge in [-0.25, -0.2) is 0 Å². The number of hydrogen-bond donors (Lipinski definition) is 0. The third kappa shape index (κ3) is 4.01. The van der Waals surface area contributed by atoms with E-state index >= 15 is 0 Å². The van der Waals surface area contributed by atoms with Gasteiger partial charge in [-0.05, 0) is 76.6 Å². The maximum atomic E-state index is 2.53. The van der Waals surface area contributed by atoms with E-state index in [1.165, 1.54) is 90.9 Å². The lowest BCUT2D eigenvalue weighted by atomic mass is 9.73. The second kappa shape index (κ2) is 10.2. The Bertz CT molecular complexity index is 1540. The van der Waals surface area contributed by atoms with E-state index in [4.69, 9.17) is 0 Å². The van der Waals surface area contributed by atoms with E-state index in [0.29, 0.717) is 0 Å². The number of thiophene rings is 2. The molecule has 0 saturated carbocycles. The van der Waals surface area contributed by atoms with E-state index in [0.717, 1.165) is 12.8 Å². The summed E-state index contributed by atoms with van der Waals surface area (Å²) in [6.07, 6.45) is 8.69. The Labute approximate surface area is 230 Å². The summed E-state index contributed by atoms with van der Waals surface area (Å²) in [5.74, 6) is 0. The number of benzene rings is 3. The van der Waals surface area contributed by atoms with Gasteiger partial charge in [-0.2, -0.15) is 0 Å². The van der Waals surface area contributed by atoms with Gasteiger partial charge in [-0.1, -0.05) is 101 Å². The summed E-state index contributed by atoms with van der Waals surface area (Å²) in [4.78, 5) is 4.34. The molecular weight excluding hydrogens is 485 g/mol. The van der Waals surface area contributed by atoms with Crippen LogP contribution in [0.3, 0.4) is 0 Å². The van der Waals surface area contributed by atoms with Gasteiger partial charge in [-0.3, -0.25) is 0 Å². The number of aryl methyl sites for hydroxylation is 1. The van der Waals surface area contributed by atoms with Crippen molar-refractivity contribution in [3.05, 3.63) is 94.9 Å². The topological polar surface area (TPSA) is 0 Å². The zero-order chi connectivity index (χ0) is 25.4. The predicted molar refractivity (Wildman–Crippen MR) is 165 cm³/mol. The SMILES string of the molecule is CCCCCCc1ccsc1-c1sc(-c2ccc3c(c2)C(CC)(CC)c2ccccc2-3)c2ccccc12. The molecule has 3 aromatic carbocycles. The molecule has 1 aliphatic carbocycles. The van der Waals surface area contributed by atoms with Crippen molar-refractivity contribution in [3.63, 3.8) is 0 Å². The van der Waals surface area contributed by atoms with Gasteiger partial charge in [0.25, 0.3) is 0 Å². The van der Waals surface area contributed by atoms with Crippen molar-refractivity contribution in [2.24, 2.45) is 0 Å². The van der Waals surface area contributed by atoms with Crippen LogP contribution in [0.5, 0.6) is 0 Å². The fourth-order valence-corrected chi connectivity index (χ4v) is 8.98. The van der Waals surface area contributed by atoms with Crippen molar-refractivity contribution >= 4 is 33.4 Å². The average Bonchev–Trinajstić information content (AvgIpc) is 3.63. The first-order chi connectivity index (χ1) is 18.2. The molecule has 0 nitrogen and oxygen atoms in total. The number of rotatable bonds is 9. The van der Waals surface area contributed by atoms with Crippen LogP contribution in [0.15, 0.2) is 78.2 Å². The monoisotopic (exact) mass is 520 g/mol. The third-order valence-electron chi connectivity index (χ3n) is 8.61. The van der Waals surface area contributed by atoms with Gasteiger partial charge in [0.15, 0.2) is 0 Å². The van der Waals surface area contributed by atoms with Gasteiger partial charge < -0.3 is 0 Å². The highest BCUT2D eigenvalue weighted by atomic mass is 32.1. The molecule has 0 amide bonds. The molecule has 5 aromatic rings. The van der Waals surface area contributed by atoms with Crippen LogP contribution in [0.25, 0.3) is 42.1 Å². The highest BCUT2D eigenvalue weighted by molar-refractivity contribution is 7.25. The Balaban J connectivity index is 1.47. The predicted octanol–water partition coefficient (Wildman–Crippen LogP) is 11.5. The zero-order valence-electron chi connectivity index (χ0n) is 22.3. The van der Waals surface area contributed by atoms with Gasteiger partial charge in [0, 0.05) is 25.9 Å². The fraction of sp³-hybridized carbons (Fsp3) is 0.314. The first-order valence-electron chi connectivity index (χ1n) is 14.0. The van der Waals surface area contributed by atoms with Gasteiger partial charge in [0.05, 0.1) is 4.88 Å². The molecule has 37 heavy (non-hydrogen) atoms. The van der Waals surface area contributed by atoms with Crippen LogP contribution in [-0.2, 0) is 11.8 Å². The summed E-state index contributed by atoms with van der Waals surface area (Å²) < 4.78 is 0. The lowest BCUT2D eigenvalue weighted by Crippen LogP contribution is -2.23. The Morgan fingerprint density at radius 2 is 1.38 bits per heavy atom. The third-order valence-corrected chi connectivity index (χ3v) is 11.0. The number of unbranched alkanes of at least 4 members (excludes halogenated alkanes) is 3. The highest BCUT2D eigenvalue weighted by Gasteiger charge is 2.40. The number of fused-ring (bicyclic) bond motifs is 4. The summed E-state index contributed by atoms with van der Waals surface area (Å²) in [7, 11) is 0. The quantitative estimate of drug-likeness (QED) is 0.170. The van der Waals surface area contributed by atoms with E-state index in [9.17, 15) is 0 Å². The van der Waals surface area contributed by atoms with Crippen molar-refractivity contribution in [1.29, 1.82) is 0 Å². The molecule has 1 aliphatic rings. The van der Waals surface area contributed by atoms with Crippen LogP contribution in [0.2, 0.25) is 0 Å². The summed E-state index contributed by atoms with van der Waals surface area (Å²) in [5.41, 5.74) is 8.88. The van der Waals surface area contributed by atoms with E-state index in [1.807, 2.05) is 22.7 Å². The van der Waals surface area contributed by atoms with E-state index in [2.05, 4.69) is 98.9 Å². The van der Waals surface area contributed by atoms with Crippen molar-refractivity contribution in [2.75, 3.05) is 0 Å². The normalized spacial score (nSPS) is 13.7. The lowest BCUT2D eigenvalue weighted by Gasteiger charge is -2.29. The van der Waals surface area contributed by atoms with E-state index < -0.39 is 0 Å². The molecule has 2 heteroatoms. The maximum Gasteiger partial charge on any atom is 0.0530 e. The van der Waals surface area contributed by atoms with E-state index in [-0.39, 0.29) is 5.41 Å². The van der Waals surface area contributed by atoms with Crippen LogP contribution >= 0.6 is 22.7 Å². The molecule has 0 atom stereocenters. The smallest absolute Gasteiger partial charge is 0.0530 e. The standard InChI is InChI=1S/C35H36S2/c1-4-7-8-9-14-24-21-22-36-33(24)34-29-17-11-10-16-28(29)32(37-34)25-19-20-27-26-15-12-13-18-30(26)35(5-2,6-3)31(27)23-25/h10-13,15-23H,4-9,14H2,1-3H3. The van der Waals surface area contributed by atoms with Crippen LogP contribution < -0.4 is 0 Å². The van der Waals surface area contributed by atoms with Crippen LogP contribution in [0.1, 0.15) is 76.0 Å².